The van der Waals surface area contributed by atoms with E-state index in [2.05, 4.69) is 29.6 Å². The summed E-state index contributed by atoms with van der Waals surface area (Å²) in [6, 6.07) is 0. The molecule has 0 saturated carbocycles. The van der Waals surface area contributed by atoms with Gasteiger partial charge in [0.2, 0.25) is 5.91 Å². The Morgan fingerprint density at radius 2 is 1.18 bits per heavy atom. The van der Waals surface area contributed by atoms with Crippen LogP contribution in [0.25, 0.3) is 0 Å². The summed E-state index contributed by atoms with van der Waals surface area (Å²) >= 11 is 0. The third-order valence-corrected chi connectivity index (χ3v) is 4.06. The van der Waals surface area contributed by atoms with Gasteiger partial charge in [0.05, 0.1) is 12.5 Å². The van der Waals surface area contributed by atoms with Crippen molar-refractivity contribution in [1.29, 1.82) is 0 Å². The number of aliphatic hydroxyl groups excluding tert-OH is 1. The van der Waals surface area contributed by atoms with E-state index in [1.54, 1.807) is 0 Å². The van der Waals surface area contributed by atoms with E-state index in [9.17, 15) is 14.7 Å². The van der Waals surface area contributed by atoms with Gasteiger partial charge in [-0.2, -0.15) is 13.5 Å². The van der Waals surface area contributed by atoms with Crippen molar-refractivity contribution in [3.05, 3.63) is 24.3 Å². The third-order valence-electron chi connectivity index (χ3n) is 4.06. The van der Waals surface area contributed by atoms with Gasteiger partial charge in [-0.15, -0.1) is 0 Å². The number of rotatable bonds is 18. The number of aliphatic carboxylic acids is 1. The molecule has 0 aliphatic carbocycles. The van der Waals surface area contributed by atoms with E-state index < -0.39 is 12.5 Å². The Labute approximate surface area is 200 Å². The van der Waals surface area contributed by atoms with E-state index in [-0.39, 0.29) is 49.0 Å². The van der Waals surface area contributed by atoms with E-state index in [0.29, 0.717) is 13.0 Å². The molecule has 0 aromatic heterocycles. The SMILES string of the molecule is O=C([O-])CNC(=O)CCC/C=C\CCCCCCC/C=C\CCCCO.S.[Na+]. The van der Waals surface area contributed by atoms with Crippen LogP contribution in [0.1, 0.15) is 83.5 Å². The van der Waals surface area contributed by atoms with Gasteiger partial charge in [-0.3, -0.25) is 4.79 Å². The molecule has 0 rings (SSSR count). The van der Waals surface area contributed by atoms with Gasteiger partial charge in [0.1, 0.15) is 0 Å². The molecule has 2 N–H and O–H groups in total. The van der Waals surface area contributed by atoms with E-state index in [0.717, 1.165) is 44.9 Å². The normalized spacial score (nSPS) is 10.6. The fourth-order valence-electron chi connectivity index (χ4n) is 2.54. The molecule has 5 nitrogen and oxygen atoms in total. The second kappa shape index (κ2) is 26.7. The van der Waals surface area contributed by atoms with Gasteiger partial charge < -0.3 is 20.3 Å². The number of aliphatic hydroxyl groups is 1. The minimum Gasteiger partial charge on any atom is -0.548 e. The first-order chi connectivity index (χ1) is 12.7. The predicted octanol–water partition coefficient (Wildman–Crippen LogP) is 0.145. The van der Waals surface area contributed by atoms with E-state index in [1.165, 1.54) is 32.1 Å². The van der Waals surface area contributed by atoms with Gasteiger partial charge in [0.15, 0.2) is 0 Å². The molecule has 0 spiro atoms. The fourth-order valence-corrected chi connectivity index (χ4v) is 2.54. The van der Waals surface area contributed by atoms with Crippen LogP contribution in [-0.4, -0.2) is 30.1 Å². The first-order valence-corrected chi connectivity index (χ1v) is 10.0. The summed E-state index contributed by atoms with van der Waals surface area (Å²) < 4.78 is 0. The van der Waals surface area contributed by atoms with Gasteiger partial charge in [-0.1, -0.05) is 43.6 Å². The largest absolute Gasteiger partial charge is 1.00 e. The number of carbonyl (C=O) groups is 2. The van der Waals surface area contributed by atoms with Gasteiger partial charge in [0, 0.05) is 13.0 Å². The molecule has 1 amide bonds. The quantitative estimate of drug-likeness (QED) is 0.187. The number of hydrogen-bond acceptors (Lipinski definition) is 4. The molecule has 0 radical (unpaired) electrons. The predicted molar refractivity (Wildman–Crippen MR) is 114 cm³/mol. The molecule has 0 aliphatic rings. The molecule has 158 valence electrons. The zero-order valence-electron chi connectivity index (χ0n) is 17.6. The van der Waals surface area contributed by atoms with Crippen molar-refractivity contribution in [2.75, 3.05) is 13.2 Å². The van der Waals surface area contributed by atoms with Crippen LogP contribution in [0.15, 0.2) is 24.3 Å². The zero-order chi connectivity index (χ0) is 19.3. The molecule has 0 fully saturated rings. The first kappa shape index (κ1) is 32.4. The van der Waals surface area contributed by atoms with E-state index in [1.807, 2.05) is 0 Å². The molecule has 0 atom stereocenters. The van der Waals surface area contributed by atoms with Gasteiger partial charge >= 0.3 is 29.6 Å². The maximum atomic E-state index is 11.3. The van der Waals surface area contributed by atoms with Crippen molar-refractivity contribution < 1.29 is 49.4 Å². The summed E-state index contributed by atoms with van der Waals surface area (Å²) in [7, 11) is 0. The van der Waals surface area contributed by atoms with Crippen LogP contribution in [0.2, 0.25) is 0 Å². The zero-order valence-corrected chi connectivity index (χ0v) is 20.6. The molecule has 28 heavy (non-hydrogen) atoms. The monoisotopic (exact) mass is 423 g/mol. The summed E-state index contributed by atoms with van der Waals surface area (Å²) in [5.74, 6) is -1.49. The Balaban J connectivity index is -0.00000312. The van der Waals surface area contributed by atoms with Crippen LogP contribution in [0.3, 0.4) is 0 Å². The molecule has 0 aromatic rings. The molecule has 7 heteroatoms. The van der Waals surface area contributed by atoms with Crippen molar-refractivity contribution in [2.45, 2.75) is 83.5 Å². The topological polar surface area (TPSA) is 89.5 Å². The summed E-state index contributed by atoms with van der Waals surface area (Å²) in [5.41, 5.74) is 0. The van der Waals surface area contributed by atoms with Crippen LogP contribution in [0.4, 0.5) is 0 Å². The molecule has 0 heterocycles. The average molecular weight is 424 g/mol. The number of hydrogen-bond donors (Lipinski definition) is 2. The van der Waals surface area contributed by atoms with Crippen LogP contribution < -0.4 is 40.0 Å². The average Bonchev–Trinajstić information content (AvgIpc) is 2.62. The summed E-state index contributed by atoms with van der Waals surface area (Å²) in [4.78, 5) is 21.5. The standard InChI is InChI=1S/C21H37NO4.Na.H2S/c23-18-16-14-12-10-8-6-4-2-1-3-5-7-9-11-13-15-17-20(24)22-19-21(25)26;;/h8-11,23H,1-7,12-19H2,(H,22,24)(H,25,26);;1H2/q;+1;/p-1/b10-8-,11-9-;;. The fraction of sp³-hybridized carbons (Fsp3) is 0.714. The summed E-state index contributed by atoms with van der Waals surface area (Å²) in [6.07, 6.45) is 22.3. The molecular weight excluding hydrogens is 385 g/mol. The Hall–Kier alpha value is -0.270. The number of allylic oxidation sites excluding steroid dienone is 4. The van der Waals surface area contributed by atoms with Crippen molar-refractivity contribution in [2.24, 2.45) is 0 Å². The molecule has 0 saturated heterocycles. The molecule has 0 unspecified atom stereocenters. The molecule has 0 bridgehead atoms. The van der Waals surface area contributed by atoms with Crippen molar-refractivity contribution >= 4 is 25.4 Å². The van der Waals surface area contributed by atoms with Crippen molar-refractivity contribution in [1.82, 2.24) is 5.32 Å². The third kappa shape index (κ3) is 27.9. The van der Waals surface area contributed by atoms with Crippen LogP contribution in [-0.2, 0) is 9.59 Å². The molecule has 0 aromatic carbocycles. The number of carboxylic acid groups (broad SMARTS) is 1. The number of unbranched alkanes of at least 4 members (excludes halogenated alkanes) is 9. The van der Waals surface area contributed by atoms with Crippen LogP contribution >= 0.6 is 13.5 Å². The number of amides is 1. The van der Waals surface area contributed by atoms with Crippen molar-refractivity contribution in [3.63, 3.8) is 0 Å². The smallest absolute Gasteiger partial charge is 0.548 e. The Morgan fingerprint density at radius 3 is 1.64 bits per heavy atom. The van der Waals surface area contributed by atoms with E-state index in [4.69, 9.17) is 5.11 Å². The van der Waals surface area contributed by atoms with E-state index >= 15 is 0 Å². The second-order valence-corrected chi connectivity index (χ2v) is 6.55. The summed E-state index contributed by atoms with van der Waals surface area (Å²) in [6.45, 7) is -0.109. The minimum atomic E-state index is -1.26. The number of nitrogens with one attached hydrogen (secondary N) is 1. The number of carbonyl (C=O) groups excluding carboxylic acids is 2. The Kier molecular flexibility index (Phi) is 30.9. The van der Waals surface area contributed by atoms with Crippen LogP contribution in [0, 0.1) is 0 Å². The second-order valence-electron chi connectivity index (χ2n) is 6.55. The Bertz CT molecular complexity index is 417. The minimum absolute atomic E-state index is 0. The van der Waals surface area contributed by atoms with Crippen LogP contribution in [0.5, 0.6) is 0 Å². The first-order valence-electron chi connectivity index (χ1n) is 10.0. The van der Waals surface area contributed by atoms with Gasteiger partial charge in [-0.25, -0.2) is 0 Å². The maximum Gasteiger partial charge on any atom is 1.00 e. The van der Waals surface area contributed by atoms with Gasteiger partial charge in [0.25, 0.3) is 0 Å². The molecular formula is C21H38NNaO4S. The van der Waals surface area contributed by atoms with Crippen molar-refractivity contribution in [3.8, 4) is 0 Å². The Morgan fingerprint density at radius 1 is 0.750 bits per heavy atom. The summed E-state index contributed by atoms with van der Waals surface area (Å²) in [5, 5.41) is 21.2. The molecule has 0 aliphatic heterocycles. The van der Waals surface area contributed by atoms with Gasteiger partial charge in [-0.05, 0) is 57.8 Å². The maximum absolute atomic E-state index is 11.3. The number of carboxylic acids is 1.